The third kappa shape index (κ3) is 3.47. The molecule has 1 aromatic rings. The van der Waals surface area contributed by atoms with Crippen LogP contribution in [0.15, 0.2) is 12.1 Å². The van der Waals surface area contributed by atoms with Crippen molar-refractivity contribution in [3.63, 3.8) is 0 Å². The van der Waals surface area contributed by atoms with Gasteiger partial charge in [0.2, 0.25) is 0 Å². The van der Waals surface area contributed by atoms with Gasteiger partial charge in [0.05, 0.1) is 6.07 Å². The van der Waals surface area contributed by atoms with Crippen LogP contribution in [0.4, 0.5) is 0 Å². The largest absolute Gasteiger partial charge is 0.380 e. The molecule has 2 saturated carbocycles. The molecule has 0 aliphatic heterocycles. The number of nitrogens with zero attached hydrogens (tertiary/aromatic N) is 1. The van der Waals surface area contributed by atoms with Crippen LogP contribution in [-0.4, -0.2) is 8.42 Å². The molecule has 0 bridgehead atoms. The quantitative estimate of drug-likeness (QED) is 0.784. The molecule has 2 fully saturated rings. The number of fused-ring (bicyclic) bond motifs is 5. The van der Waals surface area contributed by atoms with Gasteiger partial charge >= 0.3 is 10.3 Å². The highest BCUT2D eigenvalue weighted by molar-refractivity contribution is 7.84. The van der Waals surface area contributed by atoms with Crippen LogP contribution >= 0.6 is 0 Å². The summed E-state index contributed by atoms with van der Waals surface area (Å²) < 4.78 is 28.0. The van der Waals surface area contributed by atoms with E-state index >= 15 is 0 Å². The minimum Gasteiger partial charge on any atom is -0.371 e. The predicted octanol–water partition coefficient (Wildman–Crippen LogP) is 4.46. The van der Waals surface area contributed by atoms with E-state index in [9.17, 15) is 13.7 Å². The molecule has 5 nitrogen and oxygen atoms in total. The van der Waals surface area contributed by atoms with Crippen molar-refractivity contribution in [3.8, 4) is 11.8 Å². The molecule has 3 aliphatic carbocycles. The summed E-state index contributed by atoms with van der Waals surface area (Å²) in [6.07, 6.45) is 7.52. The molecule has 6 heteroatoms. The van der Waals surface area contributed by atoms with Crippen LogP contribution in [-0.2, 0) is 23.1 Å². The van der Waals surface area contributed by atoms with Gasteiger partial charge in [-0.05, 0) is 104 Å². The fraction of sp³-hybridized carbons (Fsp3) is 0.696. The molecule has 0 spiro atoms. The van der Waals surface area contributed by atoms with Crippen LogP contribution in [0.2, 0.25) is 0 Å². The van der Waals surface area contributed by atoms with Gasteiger partial charge in [-0.1, -0.05) is 19.9 Å². The van der Waals surface area contributed by atoms with Gasteiger partial charge in [0.25, 0.3) is 0 Å². The van der Waals surface area contributed by atoms with Gasteiger partial charge in [0.15, 0.2) is 0 Å². The van der Waals surface area contributed by atoms with Crippen molar-refractivity contribution in [1.82, 2.24) is 0 Å². The number of benzene rings is 1. The molecule has 158 valence electrons. The fourth-order valence-electron chi connectivity index (χ4n) is 7.08. The normalized spacial score (nSPS) is 34.4. The zero-order valence-corrected chi connectivity index (χ0v) is 18.5. The highest BCUT2D eigenvalue weighted by Gasteiger charge is 2.55. The average molecular weight is 417 g/mol. The first-order valence-corrected chi connectivity index (χ1v) is 12.4. The van der Waals surface area contributed by atoms with Gasteiger partial charge in [-0.2, -0.15) is 18.8 Å². The molecule has 1 aromatic carbocycles. The first kappa shape index (κ1) is 20.7. The molecular formula is C23H32N2O3S. The Bertz CT molecular complexity index is 952. The molecular weight excluding hydrogens is 384 g/mol. The maximum absolute atomic E-state index is 11.5. The molecule has 29 heavy (non-hydrogen) atoms. The lowest BCUT2D eigenvalue weighted by Gasteiger charge is -2.51. The molecule has 4 rings (SSSR count). The zero-order valence-electron chi connectivity index (χ0n) is 17.6. The van der Waals surface area contributed by atoms with E-state index in [1.165, 1.54) is 30.4 Å². The second-order valence-corrected chi connectivity index (χ2v) is 10.8. The van der Waals surface area contributed by atoms with Crippen molar-refractivity contribution < 1.29 is 12.6 Å². The SMILES string of the molecule is CCc1cc2c(cc1OS(N)(=O)=O)CC[C@@H]1[C@@H]2CC[C@]2(C)[C@@H]([C@H](C)C#N)CC[C@@H]12. The maximum Gasteiger partial charge on any atom is 0.380 e. The summed E-state index contributed by atoms with van der Waals surface area (Å²) in [4.78, 5) is 0. The van der Waals surface area contributed by atoms with Crippen LogP contribution in [0.3, 0.4) is 0 Å². The van der Waals surface area contributed by atoms with Gasteiger partial charge in [-0.3, -0.25) is 0 Å². The summed E-state index contributed by atoms with van der Waals surface area (Å²) >= 11 is 0. The number of hydrogen-bond donors (Lipinski definition) is 1. The Labute approximate surface area is 174 Å². The molecule has 2 N–H and O–H groups in total. The van der Waals surface area contributed by atoms with Crippen molar-refractivity contribution in [1.29, 1.82) is 5.26 Å². The molecule has 0 unspecified atom stereocenters. The summed E-state index contributed by atoms with van der Waals surface area (Å²) in [7, 11) is -4.02. The van der Waals surface area contributed by atoms with Crippen molar-refractivity contribution in [2.45, 2.75) is 71.6 Å². The van der Waals surface area contributed by atoms with E-state index < -0.39 is 10.3 Å². The van der Waals surface area contributed by atoms with E-state index in [1.807, 2.05) is 13.0 Å². The third-order valence-electron chi connectivity index (χ3n) is 8.37. The van der Waals surface area contributed by atoms with E-state index in [4.69, 9.17) is 9.32 Å². The number of nitrogens with two attached hydrogens (primary N) is 1. The van der Waals surface area contributed by atoms with Crippen LogP contribution in [0.5, 0.6) is 5.75 Å². The Morgan fingerprint density at radius 1 is 1.31 bits per heavy atom. The van der Waals surface area contributed by atoms with Gasteiger partial charge in [0.1, 0.15) is 5.75 Å². The van der Waals surface area contributed by atoms with Gasteiger partial charge < -0.3 is 4.18 Å². The van der Waals surface area contributed by atoms with E-state index in [1.54, 1.807) is 0 Å². The monoisotopic (exact) mass is 416 g/mol. The van der Waals surface area contributed by atoms with Crippen molar-refractivity contribution in [2.24, 2.45) is 34.2 Å². The summed E-state index contributed by atoms with van der Waals surface area (Å²) in [6, 6.07) is 6.61. The summed E-state index contributed by atoms with van der Waals surface area (Å²) in [5.74, 6) is 2.89. The Morgan fingerprint density at radius 2 is 2.07 bits per heavy atom. The Morgan fingerprint density at radius 3 is 2.72 bits per heavy atom. The number of nitriles is 1. The number of hydrogen-bond acceptors (Lipinski definition) is 4. The van der Waals surface area contributed by atoms with Crippen molar-refractivity contribution in [3.05, 3.63) is 28.8 Å². The topological polar surface area (TPSA) is 93.2 Å². The Balaban J connectivity index is 1.67. The van der Waals surface area contributed by atoms with E-state index in [0.29, 0.717) is 35.8 Å². The average Bonchev–Trinajstić information content (AvgIpc) is 3.02. The molecule has 0 heterocycles. The standard InChI is InChI=1S/C23H32N2O3S/c1-4-15-11-19-16(12-22(15)28-29(25,26)27)5-6-18-17(19)9-10-23(3)20(14(2)13-24)7-8-21(18)23/h11-12,14,17-18,20-21H,4-10H2,1-3H3,(H2,25,26,27)/t14-,17+,18-,20-,21+,23-/m1/s1. The Hall–Kier alpha value is -1.58. The van der Waals surface area contributed by atoms with Gasteiger partial charge in [0, 0.05) is 5.92 Å². The van der Waals surface area contributed by atoms with Gasteiger partial charge in [-0.25, -0.2) is 0 Å². The molecule has 0 radical (unpaired) electrons. The third-order valence-corrected chi connectivity index (χ3v) is 8.79. The highest BCUT2D eigenvalue weighted by Crippen LogP contribution is 2.64. The lowest BCUT2D eigenvalue weighted by atomic mass is 9.53. The minimum absolute atomic E-state index is 0.127. The first-order chi connectivity index (χ1) is 13.7. The van der Waals surface area contributed by atoms with Crippen molar-refractivity contribution in [2.75, 3.05) is 0 Å². The summed E-state index contributed by atoms with van der Waals surface area (Å²) in [6.45, 7) is 6.55. The van der Waals surface area contributed by atoms with E-state index in [2.05, 4.69) is 26.0 Å². The van der Waals surface area contributed by atoms with Gasteiger partial charge in [-0.15, -0.1) is 0 Å². The number of aryl methyl sites for hydroxylation is 2. The second kappa shape index (κ2) is 7.28. The fourth-order valence-corrected chi connectivity index (χ4v) is 7.48. The maximum atomic E-state index is 11.5. The number of rotatable bonds is 4. The molecule has 6 atom stereocenters. The van der Waals surface area contributed by atoms with E-state index in [0.717, 1.165) is 24.8 Å². The molecule has 0 aromatic heterocycles. The molecule has 0 saturated heterocycles. The molecule has 3 aliphatic rings. The van der Waals surface area contributed by atoms with Crippen molar-refractivity contribution >= 4 is 10.3 Å². The lowest BCUT2D eigenvalue weighted by Crippen LogP contribution is -2.43. The first-order valence-electron chi connectivity index (χ1n) is 11.0. The smallest absolute Gasteiger partial charge is 0.371 e. The van der Waals surface area contributed by atoms with Crippen LogP contribution < -0.4 is 9.32 Å². The predicted molar refractivity (Wildman–Crippen MR) is 112 cm³/mol. The summed E-state index contributed by atoms with van der Waals surface area (Å²) in [5.41, 5.74) is 3.79. The highest BCUT2D eigenvalue weighted by atomic mass is 32.2. The van der Waals surface area contributed by atoms with Crippen LogP contribution in [0, 0.1) is 40.4 Å². The van der Waals surface area contributed by atoms with E-state index in [-0.39, 0.29) is 11.3 Å². The lowest BCUT2D eigenvalue weighted by molar-refractivity contribution is 0.0187. The van der Waals surface area contributed by atoms with Crippen LogP contribution in [0.25, 0.3) is 0 Å². The zero-order chi connectivity index (χ0) is 21.0. The summed E-state index contributed by atoms with van der Waals surface area (Å²) in [5, 5.41) is 14.6. The minimum atomic E-state index is -4.02. The Kier molecular flexibility index (Phi) is 5.19. The molecule has 0 amide bonds. The van der Waals surface area contributed by atoms with Crippen LogP contribution in [0.1, 0.15) is 75.5 Å². The second-order valence-electron chi connectivity index (χ2n) is 9.65.